The normalized spacial score (nSPS) is 12.9. The van der Waals surface area contributed by atoms with Gasteiger partial charge in [-0.1, -0.05) is 0 Å². The summed E-state index contributed by atoms with van der Waals surface area (Å²) in [6.45, 7) is 17.6. The molecule has 0 atom stereocenters. The van der Waals surface area contributed by atoms with Crippen LogP contribution in [0.15, 0.2) is 0 Å². The van der Waals surface area contributed by atoms with Crippen LogP contribution in [0.5, 0.6) is 0 Å². The molecule has 0 saturated heterocycles. The van der Waals surface area contributed by atoms with E-state index in [1.54, 1.807) is 0 Å². The van der Waals surface area contributed by atoms with Crippen molar-refractivity contribution in [1.29, 1.82) is 0 Å². The molecule has 0 saturated carbocycles. The molecule has 0 aliphatic carbocycles. The molecule has 0 aromatic rings. The molecule has 0 aliphatic rings. The van der Waals surface area contributed by atoms with Gasteiger partial charge in [-0.2, -0.15) is 0 Å². The van der Waals surface area contributed by atoms with Crippen molar-refractivity contribution in [3.05, 3.63) is 0 Å². The average Bonchev–Trinajstić information content (AvgIpc) is 2.47. The van der Waals surface area contributed by atoms with E-state index in [1.807, 2.05) is 20.8 Å². The van der Waals surface area contributed by atoms with Crippen LogP contribution in [0.1, 0.15) is 41.0 Å². The minimum atomic E-state index is -2.49. The predicted octanol–water partition coefficient (Wildman–Crippen LogP) is 2.24. The Bertz CT molecular complexity index is 234. The first-order valence-electron chi connectivity index (χ1n) is 8.54. The zero-order valence-electron chi connectivity index (χ0n) is 14.8. The van der Waals surface area contributed by atoms with E-state index in [4.69, 9.17) is 19.0 Å². The predicted molar refractivity (Wildman–Crippen MR) is 90.2 cm³/mol. The number of likely N-dealkylation sites (N-methyl/N-ethyl adjacent to an activating group) is 1. The largest absolute Gasteiger partial charge is 0.501 e. The van der Waals surface area contributed by atoms with Crippen LogP contribution in [0.2, 0.25) is 6.04 Å². The Morgan fingerprint density at radius 3 is 1.62 bits per heavy atom. The highest BCUT2D eigenvalue weighted by atomic mass is 28.4. The minimum absolute atomic E-state index is 0.649. The van der Waals surface area contributed by atoms with Crippen molar-refractivity contribution in [2.24, 2.45) is 5.73 Å². The maximum absolute atomic E-state index is 5.92. The zero-order chi connectivity index (χ0) is 16.2. The van der Waals surface area contributed by atoms with Gasteiger partial charge in [0.2, 0.25) is 0 Å². The maximum atomic E-state index is 5.92. The lowest BCUT2D eigenvalue weighted by atomic mass is 10.3. The lowest BCUT2D eigenvalue weighted by molar-refractivity contribution is -0.923. The monoisotopic (exact) mass is 321 g/mol. The molecule has 5 nitrogen and oxygen atoms in total. The van der Waals surface area contributed by atoms with Crippen molar-refractivity contribution in [2.45, 2.75) is 47.1 Å². The van der Waals surface area contributed by atoms with Crippen LogP contribution in [0.25, 0.3) is 0 Å². The van der Waals surface area contributed by atoms with E-state index in [2.05, 4.69) is 13.8 Å². The summed E-state index contributed by atoms with van der Waals surface area (Å²) in [6.07, 6.45) is 1.06. The molecule has 128 valence electrons. The number of hydrogen-bond acceptors (Lipinski definition) is 4. The van der Waals surface area contributed by atoms with Crippen LogP contribution < -0.4 is 5.73 Å². The molecular weight excluding hydrogens is 284 g/mol. The number of hydrogen-bond donors (Lipinski definition) is 1. The average molecular weight is 322 g/mol. The summed E-state index contributed by atoms with van der Waals surface area (Å²) in [4.78, 5) is 0. The second-order valence-electron chi connectivity index (χ2n) is 5.30. The molecule has 2 N–H and O–H groups in total. The van der Waals surface area contributed by atoms with Gasteiger partial charge in [-0.15, -0.1) is 0 Å². The van der Waals surface area contributed by atoms with E-state index < -0.39 is 8.80 Å². The molecule has 0 bridgehead atoms. The molecule has 0 aromatic heterocycles. The topological polar surface area (TPSA) is 53.7 Å². The van der Waals surface area contributed by atoms with E-state index >= 15 is 0 Å². The highest BCUT2D eigenvalue weighted by molar-refractivity contribution is 6.60. The number of nitrogens with two attached hydrogens (primary N) is 1. The van der Waals surface area contributed by atoms with Crippen molar-refractivity contribution in [1.82, 2.24) is 0 Å². The van der Waals surface area contributed by atoms with Crippen LogP contribution in [-0.4, -0.2) is 65.8 Å². The highest BCUT2D eigenvalue weighted by Gasteiger charge is 2.40. The quantitative estimate of drug-likeness (QED) is 0.394. The standard InChI is InChI=1S/C15H37N2O3Si/c1-6-17(7-2,14-12-16)13-11-15-21(18-8-3,19-9-4)20-10-5/h6-16H2,1-5H3/q+1. The van der Waals surface area contributed by atoms with E-state index in [9.17, 15) is 0 Å². The molecule has 0 heterocycles. The van der Waals surface area contributed by atoms with Crippen LogP contribution in [0.4, 0.5) is 0 Å². The molecule has 0 spiro atoms. The van der Waals surface area contributed by atoms with E-state index in [0.717, 1.165) is 49.7 Å². The van der Waals surface area contributed by atoms with E-state index in [0.29, 0.717) is 19.8 Å². The van der Waals surface area contributed by atoms with Crippen molar-refractivity contribution in [3.8, 4) is 0 Å². The molecular formula is C15H37N2O3Si+. The first kappa shape index (κ1) is 21.0. The van der Waals surface area contributed by atoms with Crippen molar-refractivity contribution >= 4 is 8.80 Å². The Morgan fingerprint density at radius 2 is 1.29 bits per heavy atom. The third-order valence-electron chi connectivity index (χ3n) is 4.15. The van der Waals surface area contributed by atoms with Crippen molar-refractivity contribution < 1.29 is 17.8 Å². The lowest BCUT2D eigenvalue weighted by Crippen LogP contribution is -2.52. The highest BCUT2D eigenvalue weighted by Crippen LogP contribution is 2.20. The Hall–Kier alpha value is 0.0169. The van der Waals surface area contributed by atoms with Gasteiger partial charge < -0.3 is 23.5 Å². The fourth-order valence-electron chi connectivity index (χ4n) is 2.87. The van der Waals surface area contributed by atoms with Gasteiger partial charge in [-0.3, -0.25) is 0 Å². The van der Waals surface area contributed by atoms with Crippen LogP contribution in [-0.2, 0) is 13.3 Å². The van der Waals surface area contributed by atoms with Crippen LogP contribution in [0.3, 0.4) is 0 Å². The molecule has 0 unspecified atom stereocenters. The van der Waals surface area contributed by atoms with Gasteiger partial charge >= 0.3 is 8.80 Å². The Kier molecular flexibility index (Phi) is 11.6. The van der Waals surface area contributed by atoms with Gasteiger partial charge in [0.25, 0.3) is 0 Å². The SMILES string of the molecule is CCO[Si](CCC[N+](CC)(CC)CCN)(OCC)OCC. The molecule has 0 radical (unpaired) electrons. The summed E-state index contributed by atoms with van der Waals surface area (Å²) < 4.78 is 18.8. The van der Waals surface area contributed by atoms with Gasteiger partial charge in [0, 0.05) is 38.8 Å². The minimum Gasteiger partial charge on any atom is -0.374 e. The fourth-order valence-corrected chi connectivity index (χ4v) is 5.47. The van der Waals surface area contributed by atoms with E-state index in [1.165, 1.54) is 0 Å². The second-order valence-corrected chi connectivity index (χ2v) is 8.03. The van der Waals surface area contributed by atoms with Crippen LogP contribution in [0, 0.1) is 0 Å². The van der Waals surface area contributed by atoms with Crippen LogP contribution >= 0.6 is 0 Å². The molecule has 0 amide bonds. The lowest BCUT2D eigenvalue weighted by Gasteiger charge is -2.37. The number of rotatable bonds is 14. The third-order valence-corrected chi connectivity index (χ3v) is 7.30. The maximum Gasteiger partial charge on any atom is 0.501 e. The zero-order valence-corrected chi connectivity index (χ0v) is 15.8. The molecule has 0 fully saturated rings. The molecule has 0 aliphatic heterocycles. The summed E-state index contributed by atoms with van der Waals surface area (Å²) in [5, 5.41) is 0. The molecule has 21 heavy (non-hydrogen) atoms. The Morgan fingerprint density at radius 1 is 0.810 bits per heavy atom. The van der Waals surface area contributed by atoms with E-state index in [-0.39, 0.29) is 0 Å². The molecule has 6 heteroatoms. The third kappa shape index (κ3) is 7.21. The summed E-state index contributed by atoms with van der Waals surface area (Å²) in [7, 11) is -2.49. The van der Waals surface area contributed by atoms with Gasteiger partial charge in [0.05, 0.1) is 26.2 Å². The summed E-state index contributed by atoms with van der Waals surface area (Å²) in [5.74, 6) is 0. The summed E-state index contributed by atoms with van der Waals surface area (Å²) in [5.41, 5.74) is 5.79. The number of quaternary nitrogens is 1. The Labute approximate surface area is 132 Å². The molecule has 0 rings (SSSR count). The smallest absolute Gasteiger partial charge is 0.374 e. The summed E-state index contributed by atoms with van der Waals surface area (Å²) in [6, 6.07) is 0.896. The number of nitrogens with zero attached hydrogens (tertiary/aromatic N) is 1. The first-order valence-corrected chi connectivity index (χ1v) is 10.5. The fraction of sp³-hybridized carbons (Fsp3) is 1.00. The Balaban J connectivity index is 4.64. The van der Waals surface area contributed by atoms with Crippen molar-refractivity contribution in [3.63, 3.8) is 0 Å². The van der Waals surface area contributed by atoms with Gasteiger partial charge in [0.15, 0.2) is 0 Å². The van der Waals surface area contributed by atoms with Crippen molar-refractivity contribution in [2.75, 3.05) is 52.5 Å². The first-order chi connectivity index (χ1) is 10.1. The van der Waals surface area contributed by atoms with Gasteiger partial charge in [-0.25, -0.2) is 0 Å². The van der Waals surface area contributed by atoms with Gasteiger partial charge in [-0.05, 0) is 34.6 Å². The summed E-state index contributed by atoms with van der Waals surface area (Å²) >= 11 is 0. The van der Waals surface area contributed by atoms with Gasteiger partial charge in [0.1, 0.15) is 0 Å². The second kappa shape index (κ2) is 11.6. The molecule has 0 aromatic carbocycles.